The molecular formula is C18H25N3O2. The Labute approximate surface area is 137 Å². The molecule has 2 aliphatic rings. The second kappa shape index (κ2) is 6.30. The van der Waals surface area contributed by atoms with Crippen LogP contribution in [-0.4, -0.2) is 39.8 Å². The van der Waals surface area contributed by atoms with Crippen molar-refractivity contribution in [1.29, 1.82) is 0 Å². The Morgan fingerprint density at radius 2 is 2.22 bits per heavy atom. The highest BCUT2D eigenvalue weighted by molar-refractivity contribution is 5.94. The molecule has 2 atom stereocenters. The molecule has 2 aliphatic heterocycles. The highest BCUT2D eigenvalue weighted by Gasteiger charge is 2.44. The van der Waals surface area contributed by atoms with Gasteiger partial charge in [-0.2, -0.15) is 0 Å². The summed E-state index contributed by atoms with van der Waals surface area (Å²) < 4.78 is 0. The van der Waals surface area contributed by atoms with E-state index in [0.717, 1.165) is 44.2 Å². The molecule has 0 bridgehead atoms. The SMILES string of the molecule is Cc1cccnc1C(=O)N1CCCC[C@]2(C)NC(=O)CCC[C@H]12. The van der Waals surface area contributed by atoms with Crippen LogP contribution < -0.4 is 5.32 Å². The monoisotopic (exact) mass is 315 g/mol. The predicted octanol–water partition coefficient (Wildman–Crippen LogP) is 2.44. The van der Waals surface area contributed by atoms with Crippen molar-refractivity contribution in [3.05, 3.63) is 29.6 Å². The average molecular weight is 315 g/mol. The third kappa shape index (κ3) is 3.09. The van der Waals surface area contributed by atoms with Crippen LogP contribution in [0.15, 0.2) is 18.3 Å². The molecule has 3 heterocycles. The van der Waals surface area contributed by atoms with Gasteiger partial charge in [0.05, 0.1) is 11.6 Å². The minimum atomic E-state index is -0.331. The second-order valence-electron chi connectivity index (χ2n) is 7.00. The van der Waals surface area contributed by atoms with Crippen molar-refractivity contribution < 1.29 is 9.59 Å². The van der Waals surface area contributed by atoms with Crippen LogP contribution in [0.5, 0.6) is 0 Å². The Balaban J connectivity index is 1.95. The van der Waals surface area contributed by atoms with E-state index in [2.05, 4.69) is 17.2 Å². The Hall–Kier alpha value is -1.91. The predicted molar refractivity (Wildman–Crippen MR) is 88.0 cm³/mol. The number of aryl methyl sites for hydroxylation is 1. The van der Waals surface area contributed by atoms with Gasteiger partial charge in [0.1, 0.15) is 5.69 Å². The van der Waals surface area contributed by atoms with Gasteiger partial charge in [-0.25, -0.2) is 0 Å². The molecule has 2 amide bonds. The van der Waals surface area contributed by atoms with Gasteiger partial charge in [-0.15, -0.1) is 0 Å². The Bertz CT molecular complexity index is 616. The Morgan fingerprint density at radius 3 is 3.00 bits per heavy atom. The van der Waals surface area contributed by atoms with Crippen molar-refractivity contribution in [1.82, 2.24) is 15.2 Å². The van der Waals surface area contributed by atoms with Crippen LogP contribution in [0.1, 0.15) is 61.5 Å². The van der Waals surface area contributed by atoms with Gasteiger partial charge >= 0.3 is 0 Å². The zero-order valence-electron chi connectivity index (χ0n) is 14.0. The van der Waals surface area contributed by atoms with Crippen molar-refractivity contribution in [3.63, 3.8) is 0 Å². The summed E-state index contributed by atoms with van der Waals surface area (Å²) in [6.07, 6.45) is 6.85. The topological polar surface area (TPSA) is 62.3 Å². The molecule has 5 nitrogen and oxygen atoms in total. The molecule has 1 aromatic rings. The number of nitrogens with one attached hydrogen (secondary N) is 1. The third-order valence-electron chi connectivity index (χ3n) is 5.24. The van der Waals surface area contributed by atoms with Gasteiger partial charge in [0.25, 0.3) is 5.91 Å². The lowest BCUT2D eigenvalue weighted by molar-refractivity contribution is -0.122. The van der Waals surface area contributed by atoms with Crippen LogP contribution in [-0.2, 0) is 4.79 Å². The summed E-state index contributed by atoms with van der Waals surface area (Å²) in [6.45, 7) is 4.76. The van der Waals surface area contributed by atoms with Gasteiger partial charge in [-0.1, -0.05) is 6.07 Å². The molecule has 5 heteroatoms. The van der Waals surface area contributed by atoms with Gasteiger partial charge in [-0.3, -0.25) is 14.6 Å². The first kappa shape index (κ1) is 16.0. The lowest BCUT2D eigenvalue weighted by Crippen LogP contribution is -2.59. The molecule has 0 unspecified atom stereocenters. The number of amides is 2. The van der Waals surface area contributed by atoms with E-state index in [-0.39, 0.29) is 23.4 Å². The molecule has 23 heavy (non-hydrogen) atoms. The van der Waals surface area contributed by atoms with E-state index < -0.39 is 0 Å². The van der Waals surface area contributed by atoms with Crippen molar-refractivity contribution in [2.75, 3.05) is 6.54 Å². The summed E-state index contributed by atoms with van der Waals surface area (Å²) in [5.41, 5.74) is 1.11. The standard InChI is InChI=1S/C18H25N3O2/c1-13-7-6-11-19-16(13)17(23)21-12-4-3-10-18(2)14(21)8-5-9-15(22)20-18/h6-7,11,14H,3-5,8-10,12H2,1-2H3,(H,20,22)/t14-,18-/m0/s1. The lowest BCUT2D eigenvalue weighted by Gasteiger charge is -2.41. The molecule has 124 valence electrons. The van der Waals surface area contributed by atoms with Crippen molar-refractivity contribution in [2.45, 2.75) is 64.0 Å². The molecule has 1 aromatic heterocycles. The number of aromatic nitrogens is 1. The average Bonchev–Trinajstić information content (AvgIpc) is 2.75. The minimum absolute atomic E-state index is 0.00243. The number of hydrogen-bond donors (Lipinski definition) is 1. The fraction of sp³-hybridized carbons (Fsp3) is 0.611. The highest BCUT2D eigenvalue weighted by Crippen LogP contribution is 2.33. The quantitative estimate of drug-likeness (QED) is 0.866. The first-order chi connectivity index (χ1) is 11.0. The number of fused-ring (bicyclic) bond motifs is 1. The Kier molecular flexibility index (Phi) is 4.37. The Morgan fingerprint density at radius 1 is 1.39 bits per heavy atom. The zero-order chi connectivity index (χ0) is 16.4. The number of nitrogens with zero attached hydrogens (tertiary/aromatic N) is 2. The van der Waals surface area contributed by atoms with Crippen molar-refractivity contribution in [3.8, 4) is 0 Å². The van der Waals surface area contributed by atoms with E-state index in [9.17, 15) is 9.59 Å². The summed E-state index contributed by atoms with van der Waals surface area (Å²) in [4.78, 5) is 31.4. The minimum Gasteiger partial charge on any atom is -0.349 e. The van der Waals surface area contributed by atoms with Crippen LogP contribution in [0, 0.1) is 6.92 Å². The summed E-state index contributed by atoms with van der Waals surface area (Å²) in [7, 11) is 0. The largest absolute Gasteiger partial charge is 0.349 e. The summed E-state index contributed by atoms with van der Waals surface area (Å²) in [5, 5.41) is 3.19. The molecule has 0 aliphatic carbocycles. The highest BCUT2D eigenvalue weighted by atomic mass is 16.2. The van der Waals surface area contributed by atoms with E-state index in [1.54, 1.807) is 6.20 Å². The van der Waals surface area contributed by atoms with E-state index in [1.165, 1.54) is 0 Å². The van der Waals surface area contributed by atoms with Crippen LogP contribution >= 0.6 is 0 Å². The number of hydrogen-bond acceptors (Lipinski definition) is 3. The van der Waals surface area contributed by atoms with Crippen molar-refractivity contribution in [2.24, 2.45) is 0 Å². The second-order valence-corrected chi connectivity index (χ2v) is 7.00. The number of rotatable bonds is 1. The van der Waals surface area contributed by atoms with Gasteiger partial charge in [0.15, 0.2) is 0 Å². The molecule has 1 N–H and O–H groups in total. The molecule has 3 rings (SSSR count). The van der Waals surface area contributed by atoms with Gasteiger partial charge in [-0.05, 0) is 57.6 Å². The molecule has 0 spiro atoms. The molecule has 0 aromatic carbocycles. The fourth-order valence-electron chi connectivity index (χ4n) is 3.99. The van der Waals surface area contributed by atoms with Gasteiger partial charge in [0, 0.05) is 19.2 Å². The van der Waals surface area contributed by atoms with Crippen LogP contribution in [0.2, 0.25) is 0 Å². The smallest absolute Gasteiger partial charge is 0.273 e. The summed E-state index contributed by atoms with van der Waals surface area (Å²) in [6, 6.07) is 3.82. The molecular weight excluding hydrogens is 290 g/mol. The van der Waals surface area contributed by atoms with E-state index in [0.29, 0.717) is 12.1 Å². The van der Waals surface area contributed by atoms with E-state index in [4.69, 9.17) is 0 Å². The third-order valence-corrected chi connectivity index (χ3v) is 5.24. The molecule has 2 saturated heterocycles. The number of carbonyl (C=O) groups excluding carboxylic acids is 2. The fourth-order valence-corrected chi connectivity index (χ4v) is 3.99. The van der Waals surface area contributed by atoms with E-state index >= 15 is 0 Å². The summed E-state index contributed by atoms with van der Waals surface area (Å²) in [5.74, 6) is 0.107. The van der Waals surface area contributed by atoms with Crippen molar-refractivity contribution >= 4 is 11.8 Å². The number of carbonyl (C=O) groups is 2. The normalized spacial score (nSPS) is 28.3. The lowest BCUT2D eigenvalue weighted by atomic mass is 9.85. The summed E-state index contributed by atoms with van der Waals surface area (Å²) >= 11 is 0. The van der Waals surface area contributed by atoms with Crippen LogP contribution in [0.25, 0.3) is 0 Å². The van der Waals surface area contributed by atoms with Gasteiger partial charge in [0.2, 0.25) is 5.91 Å². The van der Waals surface area contributed by atoms with Crippen LogP contribution in [0.4, 0.5) is 0 Å². The molecule has 0 saturated carbocycles. The molecule has 0 radical (unpaired) electrons. The maximum atomic E-state index is 13.1. The molecule has 2 fully saturated rings. The van der Waals surface area contributed by atoms with Gasteiger partial charge < -0.3 is 10.2 Å². The number of likely N-dealkylation sites (tertiary alicyclic amines) is 1. The first-order valence-electron chi connectivity index (χ1n) is 8.55. The first-order valence-corrected chi connectivity index (χ1v) is 8.55. The maximum Gasteiger partial charge on any atom is 0.273 e. The van der Waals surface area contributed by atoms with E-state index in [1.807, 2.05) is 24.0 Å². The van der Waals surface area contributed by atoms with Crippen LogP contribution in [0.3, 0.4) is 0 Å². The number of pyridine rings is 1. The zero-order valence-corrected chi connectivity index (χ0v) is 14.0. The maximum absolute atomic E-state index is 13.1.